The molecule has 0 radical (unpaired) electrons. The molecule has 0 saturated carbocycles. The van der Waals surface area contributed by atoms with Crippen LogP contribution in [0.2, 0.25) is 0 Å². The van der Waals surface area contributed by atoms with Gasteiger partial charge in [0.1, 0.15) is 0 Å². The molecule has 3 nitrogen and oxygen atoms in total. The van der Waals surface area contributed by atoms with Crippen LogP contribution in [0, 0.1) is 4.77 Å². The van der Waals surface area contributed by atoms with Crippen molar-refractivity contribution in [3.63, 3.8) is 0 Å². The molecule has 0 saturated heterocycles. The van der Waals surface area contributed by atoms with Crippen molar-refractivity contribution < 1.29 is 5.11 Å². The first-order valence-electron chi connectivity index (χ1n) is 7.82. The van der Waals surface area contributed by atoms with E-state index in [-0.39, 0.29) is 5.88 Å². The third-order valence-electron chi connectivity index (χ3n) is 3.59. The molecule has 1 rings (SSSR count). The number of nitrogens with one attached hydrogen (secondary N) is 1. The standard InChI is InChI=1S/C18H28N2OS/c1-14(2)7-5-8-15(3)9-6-10-16(4)11-12-20-17(21)13-19-18(20)22/h7,9,11,13,21H,5-6,8,10,12H2,1-4H3,(H,19,22). The van der Waals surface area contributed by atoms with E-state index in [1.54, 1.807) is 4.57 Å². The second-order valence-corrected chi connectivity index (χ2v) is 6.41. The molecule has 0 aliphatic carbocycles. The van der Waals surface area contributed by atoms with Crippen molar-refractivity contribution in [1.29, 1.82) is 0 Å². The second-order valence-electron chi connectivity index (χ2n) is 6.02. The van der Waals surface area contributed by atoms with Crippen molar-refractivity contribution in [1.82, 2.24) is 9.55 Å². The summed E-state index contributed by atoms with van der Waals surface area (Å²) in [5, 5.41) is 9.64. The molecule has 0 aliphatic heterocycles. The number of aromatic nitrogens is 2. The topological polar surface area (TPSA) is 41.0 Å². The minimum absolute atomic E-state index is 0.184. The summed E-state index contributed by atoms with van der Waals surface area (Å²) in [6, 6.07) is 0. The molecule has 4 heteroatoms. The van der Waals surface area contributed by atoms with Crippen LogP contribution < -0.4 is 0 Å². The molecule has 2 N–H and O–H groups in total. The van der Waals surface area contributed by atoms with Crippen molar-refractivity contribution in [3.05, 3.63) is 45.9 Å². The first-order chi connectivity index (χ1) is 10.4. The summed E-state index contributed by atoms with van der Waals surface area (Å²) in [5.41, 5.74) is 4.16. The molecule has 0 aromatic carbocycles. The Balaban J connectivity index is 2.39. The Kier molecular flexibility index (Phi) is 7.96. The maximum Gasteiger partial charge on any atom is 0.210 e. The summed E-state index contributed by atoms with van der Waals surface area (Å²) in [7, 11) is 0. The number of nitrogens with zero attached hydrogens (tertiary/aromatic N) is 1. The third-order valence-corrected chi connectivity index (χ3v) is 3.93. The van der Waals surface area contributed by atoms with Crippen LogP contribution >= 0.6 is 12.2 Å². The molecule has 0 spiro atoms. The number of allylic oxidation sites excluding steroid dienone is 6. The van der Waals surface area contributed by atoms with E-state index in [9.17, 15) is 5.11 Å². The van der Waals surface area contributed by atoms with E-state index in [0.29, 0.717) is 11.3 Å². The summed E-state index contributed by atoms with van der Waals surface area (Å²) < 4.78 is 2.23. The van der Waals surface area contributed by atoms with Gasteiger partial charge in [0, 0.05) is 6.54 Å². The highest BCUT2D eigenvalue weighted by molar-refractivity contribution is 7.71. The zero-order chi connectivity index (χ0) is 16.5. The van der Waals surface area contributed by atoms with Crippen LogP contribution in [0.5, 0.6) is 5.88 Å². The normalized spacial score (nSPS) is 12.5. The molecule has 0 aliphatic rings. The average Bonchev–Trinajstić information content (AvgIpc) is 2.75. The summed E-state index contributed by atoms with van der Waals surface area (Å²) in [5.74, 6) is 0.184. The highest BCUT2D eigenvalue weighted by Crippen LogP contribution is 2.13. The van der Waals surface area contributed by atoms with E-state index in [0.717, 1.165) is 25.7 Å². The van der Waals surface area contributed by atoms with Gasteiger partial charge in [0.05, 0.1) is 6.20 Å². The number of imidazole rings is 1. The van der Waals surface area contributed by atoms with Gasteiger partial charge in [-0.25, -0.2) is 0 Å². The lowest BCUT2D eigenvalue weighted by Gasteiger charge is -2.03. The molecule has 0 fully saturated rings. The Bertz CT molecular complexity index is 613. The quantitative estimate of drug-likeness (QED) is 0.478. The van der Waals surface area contributed by atoms with Gasteiger partial charge in [-0.3, -0.25) is 4.57 Å². The lowest BCUT2D eigenvalue weighted by atomic mass is 10.1. The summed E-state index contributed by atoms with van der Waals surface area (Å²) in [6.45, 7) is 9.22. The molecule has 1 aromatic rings. The summed E-state index contributed by atoms with van der Waals surface area (Å²) >= 11 is 5.11. The number of aromatic amines is 1. The van der Waals surface area contributed by atoms with Gasteiger partial charge >= 0.3 is 0 Å². The van der Waals surface area contributed by atoms with Crippen LogP contribution in [0.4, 0.5) is 0 Å². The van der Waals surface area contributed by atoms with E-state index in [4.69, 9.17) is 12.2 Å². The largest absolute Gasteiger partial charge is 0.493 e. The smallest absolute Gasteiger partial charge is 0.210 e. The zero-order valence-electron chi connectivity index (χ0n) is 14.1. The third kappa shape index (κ3) is 6.94. The van der Waals surface area contributed by atoms with Gasteiger partial charge < -0.3 is 10.1 Å². The van der Waals surface area contributed by atoms with E-state index in [1.807, 2.05) is 0 Å². The maximum absolute atomic E-state index is 9.64. The number of rotatable bonds is 8. The van der Waals surface area contributed by atoms with Crippen molar-refractivity contribution in [2.45, 2.75) is 59.9 Å². The molecular formula is C18H28N2OS. The van der Waals surface area contributed by atoms with E-state index in [2.05, 4.69) is 50.9 Å². The Hall–Kier alpha value is -1.55. The molecule has 122 valence electrons. The van der Waals surface area contributed by atoms with Crippen LogP contribution in [-0.4, -0.2) is 14.7 Å². The lowest BCUT2D eigenvalue weighted by molar-refractivity contribution is 0.424. The van der Waals surface area contributed by atoms with Crippen LogP contribution in [0.15, 0.2) is 41.1 Å². The highest BCUT2D eigenvalue weighted by atomic mass is 32.1. The van der Waals surface area contributed by atoms with Crippen LogP contribution in [-0.2, 0) is 6.54 Å². The number of aromatic hydroxyl groups is 1. The van der Waals surface area contributed by atoms with Gasteiger partial charge in [0.15, 0.2) is 4.77 Å². The minimum atomic E-state index is 0.184. The fraction of sp³-hybridized carbons (Fsp3) is 0.500. The minimum Gasteiger partial charge on any atom is -0.493 e. The van der Waals surface area contributed by atoms with Crippen molar-refractivity contribution in [2.24, 2.45) is 0 Å². The highest BCUT2D eigenvalue weighted by Gasteiger charge is 1.99. The predicted molar refractivity (Wildman–Crippen MR) is 96.7 cm³/mol. The lowest BCUT2D eigenvalue weighted by Crippen LogP contribution is -1.95. The summed E-state index contributed by atoms with van der Waals surface area (Å²) in [6.07, 6.45) is 12.6. The van der Waals surface area contributed by atoms with Crippen LogP contribution in [0.25, 0.3) is 0 Å². The van der Waals surface area contributed by atoms with Gasteiger partial charge in [0.2, 0.25) is 5.88 Å². The Labute approximate surface area is 139 Å². The van der Waals surface area contributed by atoms with E-state index >= 15 is 0 Å². The summed E-state index contributed by atoms with van der Waals surface area (Å²) in [4.78, 5) is 2.83. The number of H-pyrrole nitrogens is 1. The Morgan fingerprint density at radius 1 is 1.09 bits per heavy atom. The molecule has 1 heterocycles. The van der Waals surface area contributed by atoms with Crippen LogP contribution in [0.1, 0.15) is 53.4 Å². The Morgan fingerprint density at radius 2 is 1.68 bits per heavy atom. The molecule has 0 bridgehead atoms. The number of hydrogen-bond acceptors (Lipinski definition) is 2. The van der Waals surface area contributed by atoms with Crippen molar-refractivity contribution in [2.75, 3.05) is 0 Å². The van der Waals surface area contributed by atoms with E-state index < -0.39 is 0 Å². The molecule has 22 heavy (non-hydrogen) atoms. The fourth-order valence-corrected chi connectivity index (χ4v) is 2.38. The maximum atomic E-state index is 9.64. The Morgan fingerprint density at radius 3 is 2.23 bits per heavy atom. The van der Waals surface area contributed by atoms with Crippen molar-refractivity contribution in [3.8, 4) is 5.88 Å². The number of hydrogen-bond donors (Lipinski definition) is 2. The van der Waals surface area contributed by atoms with E-state index in [1.165, 1.54) is 22.9 Å². The molecule has 0 amide bonds. The molecule has 1 aromatic heterocycles. The van der Waals surface area contributed by atoms with Gasteiger partial charge in [-0.2, -0.15) is 0 Å². The van der Waals surface area contributed by atoms with Crippen molar-refractivity contribution >= 4 is 12.2 Å². The predicted octanol–water partition coefficient (Wildman–Crippen LogP) is 5.67. The van der Waals surface area contributed by atoms with Crippen LogP contribution in [0.3, 0.4) is 0 Å². The zero-order valence-corrected chi connectivity index (χ0v) is 15.0. The first kappa shape index (κ1) is 18.5. The second kappa shape index (κ2) is 9.46. The fourth-order valence-electron chi connectivity index (χ4n) is 2.15. The van der Waals surface area contributed by atoms with Gasteiger partial charge in [-0.1, -0.05) is 34.9 Å². The SMILES string of the molecule is CC(C)=CCCC(C)=CCCC(C)=CCn1c(O)c[nH]c1=S. The molecule has 0 unspecified atom stereocenters. The van der Waals surface area contributed by atoms with Gasteiger partial charge in [-0.15, -0.1) is 0 Å². The first-order valence-corrected chi connectivity index (χ1v) is 8.22. The average molecular weight is 321 g/mol. The van der Waals surface area contributed by atoms with Gasteiger partial charge in [0.25, 0.3) is 0 Å². The van der Waals surface area contributed by atoms with Gasteiger partial charge in [-0.05, 0) is 65.6 Å². The molecular weight excluding hydrogens is 292 g/mol. The molecule has 0 atom stereocenters. The monoisotopic (exact) mass is 320 g/mol.